The van der Waals surface area contributed by atoms with Gasteiger partial charge in [-0.1, -0.05) is 0 Å². The average Bonchev–Trinajstić information content (AvgIpc) is 3.00. The van der Waals surface area contributed by atoms with Crippen molar-refractivity contribution >= 4 is 11.6 Å². The summed E-state index contributed by atoms with van der Waals surface area (Å²) in [5, 5.41) is 4.10. The van der Waals surface area contributed by atoms with Gasteiger partial charge in [0.25, 0.3) is 5.91 Å². The van der Waals surface area contributed by atoms with E-state index in [-0.39, 0.29) is 12.7 Å². The second kappa shape index (κ2) is 5.62. The van der Waals surface area contributed by atoms with E-state index in [1.54, 1.807) is 24.5 Å². The number of nitrogens with zero attached hydrogens (tertiary/aromatic N) is 2. The van der Waals surface area contributed by atoms with Crippen LogP contribution in [0, 0.1) is 0 Å². The van der Waals surface area contributed by atoms with Crippen molar-refractivity contribution in [1.82, 2.24) is 10.4 Å². The number of amides is 1. The molecule has 0 saturated heterocycles. The van der Waals surface area contributed by atoms with E-state index in [1.165, 1.54) is 0 Å². The van der Waals surface area contributed by atoms with Crippen molar-refractivity contribution in [3.63, 3.8) is 0 Å². The molecule has 1 amide bonds. The van der Waals surface area contributed by atoms with Crippen molar-refractivity contribution in [3.05, 3.63) is 53.9 Å². The molecule has 1 N–H and O–H groups in total. The second-order valence-corrected chi connectivity index (χ2v) is 4.44. The summed E-state index contributed by atoms with van der Waals surface area (Å²) in [7, 11) is 0. The summed E-state index contributed by atoms with van der Waals surface area (Å²) in [6, 6.07) is 8.77. The molecule has 0 fully saturated rings. The number of hydrogen-bond acceptors (Lipinski definition) is 5. The quantitative estimate of drug-likeness (QED) is 0.690. The van der Waals surface area contributed by atoms with Crippen molar-refractivity contribution in [1.29, 1.82) is 0 Å². The lowest BCUT2D eigenvalue weighted by Gasteiger charge is -2.04. The lowest BCUT2D eigenvalue weighted by atomic mass is 10.1. The molecule has 0 saturated carbocycles. The van der Waals surface area contributed by atoms with Crippen LogP contribution in [0.15, 0.2) is 47.8 Å². The van der Waals surface area contributed by atoms with E-state index in [1.807, 2.05) is 25.1 Å². The number of hydrazone groups is 1. The van der Waals surface area contributed by atoms with Crippen LogP contribution in [0.1, 0.15) is 22.8 Å². The Labute approximate surface area is 121 Å². The maximum atomic E-state index is 11.9. The Morgan fingerprint density at radius 1 is 1.14 bits per heavy atom. The highest BCUT2D eigenvalue weighted by Crippen LogP contribution is 2.32. The van der Waals surface area contributed by atoms with E-state index in [4.69, 9.17) is 9.47 Å². The first-order valence-electron chi connectivity index (χ1n) is 6.39. The number of hydrogen-bond donors (Lipinski definition) is 1. The maximum absolute atomic E-state index is 11.9. The van der Waals surface area contributed by atoms with Crippen LogP contribution < -0.4 is 14.9 Å². The summed E-state index contributed by atoms with van der Waals surface area (Å²) < 4.78 is 10.6. The molecule has 6 nitrogen and oxygen atoms in total. The number of aromatic nitrogens is 1. The zero-order valence-corrected chi connectivity index (χ0v) is 11.4. The number of benzene rings is 1. The van der Waals surface area contributed by atoms with Gasteiger partial charge in [0.05, 0.1) is 5.71 Å². The number of carbonyl (C=O) groups is 1. The van der Waals surface area contributed by atoms with Crippen LogP contribution in [0.2, 0.25) is 0 Å². The fourth-order valence-electron chi connectivity index (χ4n) is 1.89. The topological polar surface area (TPSA) is 72.8 Å². The van der Waals surface area contributed by atoms with Crippen molar-refractivity contribution in [2.45, 2.75) is 6.92 Å². The molecule has 1 aromatic heterocycles. The van der Waals surface area contributed by atoms with E-state index in [2.05, 4.69) is 15.5 Å². The molecule has 1 aliphatic rings. The Bertz CT molecular complexity index is 699. The summed E-state index contributed by atoms with van der Waals surface area (Å²) in [5.41, 5.74) is 4.55. The van der Waals surface area contributed by atoms with Crippen LogP contribution in [0.4, 0.5) is 0 Å². The van der Waals surface area contributed by atoms with E-state index >= 15 is 0 Å². The van der Waals surface area contributed by atoms with Gasteiger partial charge in [-0.3, -0.25) is 9.78 Å². The molecule has 0 aliphatic carbocycles. The standard InChI is InChI=1S/C15H13N3O3/c1-10(12-2-3-13-14(8-12)21-9-20-13)17-18-15(19)11-4-6-16-7-5-11/h2-8H,9H2,1H3,(H,18,19)/b17-10-. The predicted octanol–water partition coefficient (Wildman–Crippen LogP) is 1.96. The van der Waals surface area contributed by atoms with E-state index in [9.17, 15) is 4.79 Å². The Balaban J connectivity index is 1.73. The van der Waals surface area contributed by atoms with E-state index in [0.29, 0.717) is 22.8 Å². The molecule has 21 heavy (non-hydrogen) atoms. The second-order valence-electron chi connectivity index (χ2n) is 4.44. The maximum Gasteiger partial charge on any atom is 0.271 e. The third kappa shape index (κ3) is 2.84. The van der Waals surface area contributed by atoms with Gasteiger partial charge in [-0.25, -0.2) is 5.43 Å². The summed E-state index contributed by atoms with van der Waals surface area (Å²) in [4.78, 5) is 15.7. The molecule has 0 spiro atoms. The monoisotopic (exact) mass is 283 g/mol. The molecular formula is C15H13N3O3. The summed E-state index contributed by atoms with van der Waals surface area (Å²) in [5.74, 6) is 1.12. The SMILES string of the molecule is C/C(=N/NC(=O)c1ccncc1)c1ccc2c(c1)OCO2. The molecule has 1 aromatic carbocycles. The molecule has 0 unspecified atom stereocenters. The minimum absolute atomic E-state index is 0.230. The lowest BCUT2D eigenvalue weighted by Crippen LogP contribution is -2.19. The van der Waals surface area contributed by atoms with E-state index in [0.717, 1.165) is 5.56 Å². The third-order valence-corrected chi connectivity index (χ3v) is 3.06. The van der Waals surface area contributed by atoms with Crippen LogP contribution in [0.3, 0.4) is 0 Å². The molecular weight excluding hydrogens is 270 g/mol. The molecule has 0 bridgehead atoms. The van der Waals surface area contributed by atoms with Gasteiger partial charge in [0.15, 0.2) is 11.5 Å². The smallest absolute Gasteiger partial charge is 0.271 e. The van der Waals surface area contributed by atoms with Gasteiger partial charge >= 0.3 is 0 Å². The fraction of sp³-hybridized carbons (Fsp3) is 0.133. The highest BCUT2D eigenvalue weighted by Gasteiger charge is 2.14. The Morgan fingerprint density at radius 3 is 2.71 bits per heavy atom. The lowest BCUT2D eigenvalue weighted by molar-refractivity contribution is 0.0954. The zero-order chi connectivity index (χ0) is 14.7. The number of pyridine rings is 1. The Kier molecular flexibility index (Phi) is 3.51. The van der Waals surface area contributed by atoms with Crippen molar-refractivity contribution < 1.29 is 14.3 Å². The van der Waals surface area contributed by atoms with Crippen LogP contribution in [-0.4, -0.2) is 23.4 Å². The molecule has 106 valence electrons. The average molecular weight is 283 g/mol. The number of ether oxygens (including phenoxy) is 2. The highest BCUT2D eigenvalue weighted by atomic mass is 16.7. The summed E-state index contributed by atoms with van der Waals surface area (Å²) >= 11 is 0. The summed E-state index contributed by atoms with van der Waals surface area (Å²) in [6.07, 6.45) is 3.12. The molecule has 1 aliphatic heterocycles. The van der Waals surface area contributed by atoms with Crippen molar-refractivity contribution in [3.8, 4) is 11.5 Å². The number of rotatable bonds is 3. The van der Waals surface area contributed by atoms with Crippen molar-refractivity contribution in [2.24, 2.45) is 5.10 Å². The van der Waals surface area contributed by atoms with Gasteiger partial charge in [0.1, 0.15) is 0 Å². The van der Waals surface area contributed by atoms with Gasteiger partial charge in [-0.2, -0.15) is 5.10 Å². The Hall–Kier alpha value is -2.89. The minimum atomic E-state index is -0.280. The first kappa shape index (κ1) is 13.1. The normalized spacial score (nSPS) is 13.1. The molecule has 0 radical (unpaired) electrons. The summed E-state index contributed by atoms with van der Waals surface area (Å²) in [6.45, 7) is 2.04. The minimum Gasteiger partial charge on any atom is -0.454 e. The van der Waals surface area contributed by atoms with Crippen LogP contribution in [0.25, 0.3) is 0 Å². The Morgan fingerprint density at radius 2 is 1.90 bits per heavy atom. The highest BCUT2D eigenvalue weighted by molar-refractivity contribution is 6.01. The van der Waals surface area contributed by atoms with E-state index < -0.39 is 0 Å². The van der Waals surface area contributed by atoms with Gasteiger partial charge in [0, 0.05) is 23.5 Å². The molecule has 2 heterocycles. The molecule has 0 atom stereocenters. The largest absolute Gasteiger partial charge is 0.454 e. The predicted molar refractivity (Wildman–Crippen MR) is 76.5 cm³/mol. The molecule has 2 aromatic rings. The van der Waals surface area contributed by atoms with Gasteiger partial charge in [0.2, 0.25) is 6.79 Å². The number of nitrogens with one attached hydrogen (secondary N) is 1. The zero-order valence-electron chi connectivity index (χ0n) is 11.4. The first-order valence-corrected chi connectivity index (χ1v) is 6.39. The van der Waals surface area contributed by atoms with Crippen LogP contribution in [0.5, 0.6) is 11.5 Å². The first-order chi connectivity index (χ1) is 10.2. The number of fused-ring (bicyclic) bond motifs is 1. The fourth-order valence-corrected chi connectivity index (χ4v) is 1.89. The van der Waals surface area contributed by atoms with Gasteiger partial charge in [-0.15, -0.1) is 0 Å². The molecule has 6 heteroatoms. The van der Waals surface area contributed by atoms with Gasteiger partial charge in [-0.05, 0) is 37.3 Å². The van der Waals surface area contributed by atoms with Crippen LogP contribution >= 0.6 is 0 Å². The number of carbonyl (C=O) groups excluding carboxylic acids is 1. The molecule has 3 rings (SSSR count). The van der Waals surface area contributed by atoms with Crippen LogP contribution in [-0.2, 0) is 0 Å². The van der Waals surface area contributed by atoms with Crippen molar-refractivity contribution in [2.75, 3.05) is 6.79 Å². The van der Waals surface area contributed by atoms with Gasteiger partial charge < -0.3 is 9.47 Å². The third-order valence-electron chi connectivity index (χ3n) is 3.06.